The largest absolute Gasteiger partial charge is 0.462 e. The summed E-state index contributed by atoms with van der Waals surface area (Å²) in [6, 6.07) is 0. The maximum atomic E-state index is 12.2. The Bertz CT molecular complexity index is 716. The third-order valence-electron chi connectivity index (χ3n) is 8.97. The summed E-state index contributed by atoms with van der Waals surface area (Å²) in [5.74, 6) is -0.600. The van der Waals surface area contributed by atoms with Crippen LogP contribution in [-0.2, 0) is 19.1 Å². The number of carbonyl (C=O) groups excluding carboxylic acids is 2. The summed E-state index contributed by atoms with van der Waals surface area (Å²) in [5, 5.41) is 9.55. The Hall–Kier alpha value is -1.62. The van der Waals surface area contributed by atoms with Gasteiger partial charge in [0.25, 0.3) is 0 Å². The van der Waals surface area contributed by atoms with Gasteiger partial charge in [-0.1, -0.05) is 160 Å². The average molecular weight is 663 g/mol. The van der Waals surface area contributed by atoms with Crippen LogP contribution in [0.25, 0.3) is 0 Å². The van der Waals surface area contributed by atoms with Gasteiger partial charge >= 0.3 is 11.9 Å². The monoisotopic (exact) mass is 663 g/mol. The van der Waals surface area contributed by atoms with Crippen LogP contribution in [0, 0.1) is 0 Å². The quantitative estimate of drug-likeness (QED) is 0.0407. The first-order valence-corrected chi connectivity index (χ1v) is 20.4. The van der Waals surface area contributed by atoms with Crippen LogP contribution in [0.4, 0.5) is 0 Å². The Labute approximate surface area is 292 Å². The lowest BCUT2D eigenvalue weighted by Gasteiger charge is -2.15. The maximum Gasteiger partial charge on any atom is 0.306 e. The lowest BCUT2D eigenvalue weighted by atomic mass is 10.1. The summed E-state index contributed by atoms with van der Waals surface area (Å²) in [5.41, 5.74) is 0. The van der Waals surface area contributed by atoms with E-state index in [9.17, 15) is 14.7 Å². The normalized spacial score (nSPS) is 12.3. The molecule has 1 atom stereocenters. The minimum absolute atomic E-state index is 0.0690. The smallest absolute Gasteiger partial charge is 0.306 e. The number of hydrogen-bond donors (Lipinski definition) is 1. The number of hydrogen-bond acceptors (Lipinski definition) is 5. The number of esters is 2. The number of rotatable bonds is 37. The van der Waals surface area contributed by atoms with Gasteiger partial charge in [0.15, 0.2) is 6.10 Å². The fourth-order valence-electron chi connectivity index (χ4n) is 5.84. The Morgan fingerprint density at radius 1 is 0.468 bits per heavy atom. The molecular weight excluding hydrogens is 584 g/mol. The molecule has 1 unspecified atom stereocenters. The van der Waals surface area contributed by atoms with Gasteiger partial charge in [0.2, 0.25) is 0 Å². The van der Waals surface area contributed by atoms with Gasteiger partial charge in [-0.05, 0) is 64.2 Å². The molecule has 1 N–H and O–H groups in total. The molecule has 5 nitrogen and oxygen atoms in total. The standard InChI is InChI=1S/C42H78O5/c1-3-5-7-9-11-13-15-17-19-20-21-23-25-27-29-31-33-35-37-42(45)47-40(38-43)39-46-41(44)36-34-32-30-28-26-24-22-18-16-14-12-10-8-6-4-2/h18-20,22,40,43H,3-17,21,23-39H2,1-2H3/b20-19-,22-18-. The highest BCUT2D eigenvalue weighted by molar-refractivity contribution is 5.70. The molecule has 0 aliphatic heterocycles. The average Bonchev–Trinajstić information content (AvgIpc) is 3.07. The predicted molar refractivity (Wildman–Crippen MR) is 201 cm³/mol. The molecule has 0 amide bonds. The van der Waals surface area contributed by atoms with Crippen molar-refractivity contribution in [1.29, 1.82) is 0 Å². The molecule has 0 heterocycles. The van der Waals surface area contributed by atoms with E-state index in [2.05, 4.69) is 38.2 Å². The van der Waals surface area contributed by atoms with Crippen molar-refractivity contribution in [2.24, 2.45) is 0 Å². The summed E-state index contributed by atoms with van der Waals surface area (Å²) in [4.78, 5) is 24.3. The predicted octanol–water partition coefficient (Wildman–Crippen LogP) is 12.7. The number of aliphatic hydroxyl groups excluding tert-OH is 1. The van der Waals surface area contributed by atoms with E-state index in [1.54, 1.807) is 0 Å². The Morgan fingerprint density at radius 2 is 0.787 bits per heavy atom. The van der Waals surface area contributed by atoms with Crippen molar-refractivity contribution in [3.05, 3.63) is 24.3 Å². The molecule has 0 aromatic heterocycles. The van der Waals surface area contributed by atoms with Crippen LogP contribution >= 0.6 is 0 Å². The molecule has 276 valence electrons. The van der Waals surface area contributed by atoms with Crippen molar-refractivity contribution in [3.63, 3.8) is 0 Å². The molecule has 0 bridgehead atoms. The van der Waals surface area contributed by atoms with Crippen LogP contribution < -0.4 is 0 Å². The zero-order chi connectivity index (χ0) is 34.3. The first-order valence-electron chi connectivity index (χ1n) is 20.4. The second kappa shape index (κ2) is 38.8. The fourth-order valence-corrected chi connectivity index (χ4v) is 5.84. The van der Waals surface area contributed by atoms with Gasteiger partial charge in [0.1, 0.15) is 6.61 Å². The minimum Gasteiger partial charge on any atom is -0.462 e. The van der Waals surface area contributed by atoms with Gasteiger partial charge in [0.05, 0.1) is 6.61 Å². The SMILES string of the molecule is CCCCCCCC/C=C\CCCCCCCC(=O)OCC(CO)OC(=O)CCCCCCCCC/C=C\CCCCCCCCC. The van der Waals surface area contributed by atoms with Gasteiger partial charge < -0.3 is 14.6 Å². The van der Waals surface area contributed by atoms with Crippen LogP contribution in [0.5, 0.6) is 0 Å². The Balaban J connectivity index is 3.55. The first kappa shape index (κ1) is 45.4. The zero-order valence-electron chi connectivity index (χ0n) is 31.3. The van der Waals surface area contributed by atoms with Crippen LogP contribution in [0.1, 0.15) is 213 Å². The van der Waals surface area contributed by atoms with Crippen molar-refractivity contribution in [1.82, 2.24) is 0 Å². The van der Waals surface area contributed by atoms with E-state index in [-0.39, 0.29) is 25.2 Å². The minimum atomic E-state index is -0.773. The summed E-state index contributed by atoms with van der Waals surface area (Å²) < 4.78 is 10.6. The maximum absolute atomic E-state index is 12.2. The topological polar surface area (TPSA) is 72.8 Å². The van der Waals surface area contributed by atoms with Gasteiger partial charge in [-0.25, -0.2) is 0 Å². The van der Waals surface area contributed by atoms with E-state index in [1.165, 1.54) is 141 Å². The third-order valence-corrected chi connectivity index (χ3v) is 8.97. The summed E-state index contributed by atoms with van der Waals surface area (Å²) in [6.07, 6.45) is 45.2. The second-order valence-electron chi connectivity index (χ2n) is 13.7. The molecule has 0 aliphatic carbocycles. The van der Waals surface area contributed by atoms with Crippen LogP contribution in [0.3, 0.4) is 0 Å². The molecule has 0 saturated carbocycles. The van der Waals surface area contributed by atoms with Crippen LogP contribution in [0.2, 0.25) is 0 Å². The molecule has 0 saturated heterocycles. The zero-order valence-corrected chi connectivity index (χ0v) is 31.3. The fraction of sp³-hybridized carbons (Fsp3) is 0.857. The molecule has 0 rings (SSSR count). The highest BCUT2D eigenvalue weighted by Gasteiger charge is 2.16. The number of unbranched alkanes of at least 4 members (excludes halogenated alkanes) is 25. The van der Waals surface area contributed by atoms with Gasteiger partial charge in [-0.3, -0.25) is 9.59 Å². The van der Waals surface area contributed by atoms with Crippen LogP contribution in [0.15, 0.2) is 24.3 Å². The number of ether oxygens (including phenoxy) is 2. The lowest BCUT2D eigenvalue weighted by molar-refractivity contribution is -0.161. The lowest BCUT2D eigenvalue weighted by Crippen LogP contribution is -2.28. The van der Waals surface area contributed by atoms with E-state index >= 15 is 0 Å². The molecule has 0 fully saturated rings. The van der Waals surface area contributed by atoms with Crippen molar-refractivity contribution in [2.75, 3.05) is 13.2 Å². The Morgan fingerprint density at radius 3 is 1.15 bits per heavy atom. The molecular formula is C42H78O5. The van der Waals surface area contributed by atoms with Crippen molar-refractivity contribution >= 4 is 11.9 Å². The van der Waals surface area contributed by atoms with Gasteiger partial charge in [0, 0.05) is 12.8 Å². The van der Waals surface area contributed by atoms with E-state index in [0.717, 1.165) is 44.9 Å². The van der Waals surface area contributed by atoms with Crippen molar-refractivity contribution in [3.8, 4) is 0 Å². The van der Waals surface area contributed by atoms with E-state index in [1.807, 2.05) is 0 Å². The summed E-state index contributed by atoms with van der Waals surface area (Å²) >= 11 is 0. The Kier molecular flexibility index (Phi) is 37.5. The molecule has 0 aromatic carbocycles. The third kappa shape index (κ3) is 37.1. The molecule has 5 heteroatoms. The van der Waals surface area contributed by atoms with E-state index < -0.39 is 6.10 Å². The van der Waals surface area contributed by atoms with Gasteiger partial charge in [-0.2, -0.15) is 0 Å². The second-order valence-corrected chi connectivity index (χ2v) is 13.7. The molecule has 0 aromatic rings. The highest BCUT2D eigenvalue weighted by atomic mass is 16.6. The van der Waals surface area contributed by atoms with Crippen LogP contribution in [-0.4, -0.2) is 36.4 Å². The molecule has 47 heavy (non-hydrogen) atoms. The van der Waals surface area contributed by atoms with Crippen molar-refractivity contribution in [2.45, 2.75) is 219 Å². The first-order chi connectivity index (χ1) is 23.1. The number of carbonyl (C=O) groups is 2. The van der Waals surface area contributed by atoms with Gasteiger partial charge in [-0.15, -0.1) is 0 Å². The molecule has 0 spiro atoms. The van der Waals surface area contributed by atoms with Crippen molar-refractivity contribution < 1.29 is 24.2 Å². The molecule has 0 radical (unpaired) electrons. The number of allylic oxidation sites excluding steroid dienone is 4. The van der Waals surface area contributed by atoms with E-state index in [4.69, 9.17) is 9.47 Å². The summed E-state index contributed by atoms with van der Waals surface area (Å²) in [6.45, 7) is 4.13. The molecule has 0 aliphatic rings. The highest BCUT2D eigenvalue weighted by Crippen LogP contribution is 2.13. The number of aliphatic hydroxyl groups is 1. The van der Waals surface area contributed by atoms with E-state index in [0.29, 0.717) is 12.8 Å². The summed E-state index contributed by atoms with van der Waals surface area (Å²) in [7, 11) is 0.